The van der Waals surface area contributed by atoms with Gasteiger partial charge in [0.25, 0.3) is 0 Å². The Morgan fingerprint density at radius 3 is 2.83 bits per heavy atom. The molecule has 0 fully saturated rings. The van der Waals surface area contributed by atoms with Crippen LogP contribution in [0.4, 0.5) is 0 Å². The molecule has 3 nitrogen and oxygen atoms in total. The molecule has 18 heavy (non-hydrogen) atoms. The average molecular weight is 263 g/mol. The van der Waals surface area contributed by atoms with Crippen molar-refractivity contribution in [3.05, 3.63) is 51.8 Å². The summed E-state index contributed by atoms with van der Waals surface area (Å²) in [7, 11) is 1.79. The van der Waals surface area contributed by atoms with Crippen LogP contribution in [0.25, 0.3) is 0 Å². The molecule has 1 atom stereocenters. The second-order valence-corrected chi connectivity index (χ2v) is 5.19. The highest BCUT2D eigenvalue weighted by molar-refractivity contribution is 6.31. The molecule has 4 heteroatoms. The number of hydrogen-bond acceptors (Lipinski definition) is 2. The van der Waals surface area contributed by atoms with Gasteiger partial charge in [-0.2, -0.15) is 5.10 Å². The summed E-state index contributed by atoms with van der Waals surface area (Å²) in [5, 5.41) is 15.0. The first-order valence-corrected chi connectivity index (χ1v) is 6.52. The molecule has 94 valence electrons. The molecule has 0 radical (unpaired) electrons. The second-order valence-electron chi connectivity index (χ2n) is 4.79. The van der Waals surface area contributed by atoms with E-state index >= 15 is 0 Å². The number of aliphatic hydroxyl groups excluding tert-OH is 1. The lowest BCUT2D eigenvalue weighted by Crippen LogP contribution is -2.07. The van der Waals surface area contributed by atoms with Crippen LogP contribution in [0, 0.1) is 0 Å². The molecule has 1 aliphatic carbocycles. The number of aromatic nitrogens is 2. The van der Waals surface area contributed by atoms with Crippen LogP contribution in [-0.4, -0.2) is 14.9 Å². The molecular weight excluding hydrogens is 248 g/mol. The van der Waals surface area contributed by atoms with E-state index in [2.05, 4.69) is 17.2 Å². The maximum absolute atomic E-state index is 10.4. The first-order valence-electron chi connectivity index (χ1n) is 6.14. The summed E-state index contributed by atoms with van der Waals surface area (Å²) in [6.45, 7) is 0. The molecule has 0 bridgehead atoms. The number of benzene rings is 1. The SMILES string of the molecule is Cn1ncc(Cl)c1C(O)c1ccc2c(c1)CCC2. The Labute approximate surface area is 111 Å². The van der Waals surface area contributed by atoms with Crippen molar-refractivity contribution < 1.29 is 5.11 Å². The van der Waals surface area contributed by atoms with E-state index in [4.69, 9.17) is 11.6 Å². The van der Waals surface area contributed by atoms with E-state index in [9.17, 15) is 5.11 Å². The van der Waals surface area contributed by atoms with Gasteiger partial charge >= 0.3 is 0 Å². The van der Waals surface area contributed by atoms with E-state index < -0.39 is 6.10 Å². The third-order valence-corrected chi connectivity index (χ3v) is 3.93. The van der Waals surface area contributed by atoms with Gasteiger partial charge in [-0.3, -0.25) is 4.68 Å². The fraction of sp³-hybridized carbons (Fsp3) is 0.357. The van der Waals surface area contributed by atoms with Gasteiger partial charge in [0.2, 0.25) is 0 Å². The standard InChI is InChI=1S/C14H15ClN2O/c1-17-13(12(15)8-16-17)14(18)11-6-5-9-3-2-4-10(9)7-11/h5-8,14,18H,2-4H2,1H3. The summed E-state index contributed by atoms with van der Waals surface area (Å²) in [6, 6.07) is 6.19. The van der Waals surface area contributed by atoms with E-state index in [1.165, 1.54) is 17.5 Å². The summed E-state index contributed by atoms with van der Waals surface area (Å²) >= 11 is 6.06. The maximum Gasteiger partial charge on any atom is 0.122 e. The summed E-state index contributed by atoms with van der Waals surface area (Å²) in [5.74, 6) is 0. The van der Waals surface area contributed by atoms with E-state index in [1.807, 2.05) is 6.07 Å². The molecule has 1 N–H and O–H groups in total. The number of hydrogen-bond donors (Lipinski definition) is 1. The van der Waals surface area contributed by atoms with E-state index in [-0.39, 0.29) is 0 Å². The highest BCUT2D eigenvalue weighted by Crippen LogP contribution is 2.31. The van der Waals surface area contributed by atoms with Crippen molar-refractivity contribution in [3.8, 4) is 0 Å². The average Bonchev–Trinajstić information content (AvgIpc) is 2.94. The number of nitrogens with zero attached hydrogens (tertiary/aromatic N) is 2. The fourth-order valence-electron chi connectivity index (χ4n) is 2.65. The van der Waals surface area contributed by atoms with Gasteiger partial charge in [0.1, 0.15) is 6.10 Å². The van der Waals surface area contributed by atoms with Crippen LogP contribution < -0.4 is 0 Å². The van der Waals surface area contributed by atoms with Gasteiger partial charge < -0.3 is 5.11 Å². The third-order valence-electron chi connectivity index (χ3n) is 3.63. The summed E-state index contributed by atoms with van der Waals surface area (Å²) in [5.41, 5.74) is 4.29. The summed E-state index contributed by atoms with van der Waals surface area (Å²) in [4.78, 5) is 0. The molecule has 2 aromatic rings. The van der Waals surface area contributed by atoms with Crippen molar-refractivity contribution in [2.24, 2.45) is 7.05 Å². The Kier molecular flexibility index (Phi) is 2.88. The largest absolute Gasteiger partial charge is 0.382 e. The molecule has 1 aromatic carbocycles. The minimum Gasteiger partial charge on any atom is -0.382 e. The quantitative estimate of drug-likeness (QED) is 0.904. The van der Waals surface area contributed by atoms with Crippen molar-refractivity contribution >= 4 is 11.6 Å². The fourth-order valence-corrected chi connectivity index (χ4v) is 2.92. The first kappa shape index (κ1) is 11.8. The summed E-state index contributed by atoms with van der Waals surface area (Å²) < 4.78 is 1.63. The maximum atomic E-state index is 10.4. The van der Waals surface area contributed by atoms with Gasteiger partial charge in [-0.05, 0) is 36.0 Å². The van der Waals surface area contributed by atoms with Gasteiger partial charge in [-0.1, -0.05) is 29.8 Å². The molecular formula is C14H15ClN2O. The third kappa shape index (κ3) is 1.84. The molecule has 0 spiro atoms. The summed E-state index contributed by atoms with van der Waals surface area (Å²) in [6.07, 6.45) is 4.32. The Balaban J connectivity index is 2.00. The monoisotopic (exact) mass is 262 g/mol. The molecule has 0 saturated heterocycles. The smallest absolute Gasteiger partial charge is 0.122 e. The van der Waals surface area contributed by atoms with Crippen LogP contribution in [0.15, 0.2) is 24.4 Å². The Hall–Kier alpha value is -1.32. The van der Waals surface area contributed by atoms with Crippen molar-refractivity contribution in [1.82, 2.24) is 9.78 Å². The van der Waals surface area contributed by atoms with Crippen LogP contribution in [0.2, 0.25) is 5.02 Å². The molecule has 0 amide bonds. The Morgan fingerprint density at radius 2 is 2.11 bits per heavy atom. The van der Waals surface area contributed by atoms with Gasteiger partial charge in [0.05, 0.1) is 16.9 Å². The Morgan fingerprint density at radius 1 is 1.33 bits per heavy atom. The topological polar surface area (TPSA) is 38.0 Å². The number of fused-ring (bicyclic) bond motifs is 1. The molecule has 3 rings (SSSR count). The zero-order chi connectivity index (χ0) is 12.7. The van der Waals surface area contributed by atoms with Gasteiger partial charge in [0, 0.05) is 7.05 Å². The molecule has 0 saturated carbocycles. The predicted octanol–water partition coefficient (Wildman–Crippen LogP) is 2.64. The lowest BCUT2D eigenvalue weighted by atomic mass is 10.0. The number of aryl methyl sites for hydroxylation is 3. The lowest BCUT2D eigenvalue weighted by molar-refractivity contribution is 0.210. The van der Waals surface area contributed by atoms with Crippen molar-refractivity contribution in [1.29, 1.82) is 0 Å². The van der Waals surface area contributed by atoms with Crippen LogP contribution in [-0.2, 0) is 19.9 Å². The Bertz CT molecular complexity index is 572. The van der Waals surface area contributed by atoms with Crippen molar-refractivity contribution in [2.45, 2.75) is 25.4 Å². The normalized spacial score (nSPS) is 15.7. The zero-order valence-electron chi connectivity index (χ0n) is 10.2. The highest BCUT2D eigenvalue weighted by Gasteiger charge is 2.20. The molecule has 1 aromatic heterocycles. The minimum absolute atomic E-state index is 0.505. The highest BCUT2D eigenvalue weighted by atomic mass is 35.5. The van der Waals surface area contributed by atoms with Gasteiger partial charge in [-0.25, -0.2) is 0 Å². The van der Waals surface area contributed by atoms with Crippen LogP contribution in [0.5, 0.6) is 0 Å². The van der Waals surface area contributed by atoms with Gasteiger partial charge in [-0.15, -0.1) is 0 Å². The molecule has 1 unspecified atom stereocenters. The van der Waals surface area contributed by atoms with Crippen LogP contribution >= 0.6 is 11.6 Å². The lowest BCUT2D eigenvalue weighted by Gasteiger charge is -2.13. The van der Waals surface area contributed by atoms with E-state index in [0.717, 1.165) is 18.4 Å². The number of aliphatic hydroxyl groups is 1. The molecule has 0 aliphatic heterocycles. The molecule has 1 heterocycles. The van der Waals surface area contributed by atoms with Crippen molar-refractivity contribution in [2.75, 3.05) is 0 Å². The van der Waals surface area contributed by atoms with E-state index in [1.54, 1.807) is 17.9 Å². The van der Waals surface area contributed by atoms with Gasteiger partial charge in [0.15, 0.2) is 0 Å². The molecule has 1 aliphatic rings. The number of rotatable bonds is 2. The first-order chi connectivity index (χ1) is 8.66. The van der Waals surface area contributed by atoms with E-state index in [0.29, 0.717) is 10.7 Å². The number of halogens is 1. The van der Waals surface area contributed by atoms with Crippen molar-refractivity contribution in [3.63, 3.8) is 0 Å². The minimum atomic E-state index is -0.712. The predicted molar refractivity (Wildman–Crippen MR) is 70.7 cm³/mol. The second kappa shape index (κ2) is 4.41. The zero-order valence-corrected chi connectivity index (χ0v) is 11.0. The van der Waals surface area contributed by atoms with Crippen LogP contribution in [0.1, 0.15) is 34.9 Å². The van der Waals surface area contributed by atoms with Crippen LogP contribution in [0.3, 0.4) is 0 Å².